The predicted molar refractivity (Wildman–Crippen MR) is 79.7 cm³/mol. The van der Waals surface area contributed by atoms with Crippen LogP contribution in [-0.2, 0) is 6.54 Å². The number of nitrogens with two attached hydrogens (primary N) is 1. The number of pyridine rings is 1. The molecule has 102 valence electrons. The minimum atomic E-state index is -0.355. The molecule has 0 saturated carbocycles. The molecule has 1 aromatic carbocycles. The van der Waals surface area contributed by atoms with Crippen molar-refractivity contribution in [1.29, 1.82) is 0 Å². The second-order valence-electron chi connectivity index (χ2n) is 4.30. The lowest BCUT2D eigenvalue weighted by Crippen LogP contribution is -2.03. The van der Waals surface area contributed by atoms with Crippen LogP contribution in [0.15, 0.2) is 34.9 Å². The number of rotatable bonds is 3. The van der Waals surface area contributed by atoms with Crippen molar-refractivity contribution in [1.82, 2.24) is 15.2 Å². The zero-order chi connectivity index (χ0) is 14.1. The maximum absolute atomic E-state index is 14.1. The highest BCUT2D eigenvalue weighted by molar-refractivity contribution is 9.10. The van der Waals surface area contributed by atoms with Crippen LogP contribution in [0.5, 0.6) is 0 Å². The van der Waals surface area contributed by atoms with Crippen LogP contribution in [0.2, 0.25) is 0 Å². The number of hydrogen-bond acceptors (Lipinski definition) is 4. The highest BCUT2D eigenvalue weighted by Gasteiger charge is 2.11. The fourth-order valence-corrected chi connectivity index (χ4v) is 2.44. The average molecular weight is 336 g/mol. The van der Waals surface area contributed by atoms with Crippen molar-refractivity contribution in [2.75, 3.05) is 11.1 Å². The second-order valence-corrected chi connectivity index (χ2v) is 5.21. The quantitative estimate of drug-likeness (QED) is 0.687. The molecule has 4 N–H and O–H groups in total. The van der Waals surface area contributed by atoms with E-state index >= 15 is 0 Å². The summed E-state index contributed by atoms with van der Waals surface area (Å²) in [6.45, 7) is 0.470. The third-order valence-electron chi connectivity index (χ3n) is 2.86. The molecule has 2 aromatic heterocycles. The number of aromatic amines is 1. The summed E-state index contributed by atoms with van der Waals surface area (Å²) in [6, 6.07) is 6.59. The maximum Gasteiger partial charge on any atom is 0.135 e. The molecule has 0 aliphatic heterocycles. The minimum Gasteiger partial charge on any atom is -0.384 e. The van der Waals surface area contributed by atoms with E-state index in [4.69, 9.17) is 5.73 Å². The first-order chi connectivity index (χ1) is 9.63. The summed E-state index contributed by atoms with van der Waals surface area (Å²) < 4.78 is 14.8. The SMILES string of the molecule is Nc1cc(NCc2cc[nH]n2)c2c(F)cc(Br)cc2n1. The molecule has 0 unspecified atom stereocenters. The molecule has 3 aromatic rings. The van der Waals surface area contributed by atoms with Crippen LogP contribution in [0.25, 0.3) is 10.9 Å². The number of benzene rings is 1. The van der Waals surface area contributed by atoms with Gasteiger partial charge in [0.25, 0.3) is 0 Å². The van der Waals surface area contributed by atoms with Gasteiger partial charge >= 0.3 is 0 Å². The molecule has 0 aliphatic carbocycles. The van der Waals surface area contributed by atoms with Crippen molar-refractivity contribution in [3.63, 3.8) is 0 Å². The van der Waals surface area contributed by atoms with E-state index in [1.165, 1.54) is 6.07 Å². The Morgan fingerprint density at radius 3 is 2.95 bits per heavy atom. The van der Waals surface area contributed by atoms with Gasteiger partial charge in [-0.1, -0.05) is 15.9 Å². The minimum absolute atomic E-state index is 0.333. The molecular formula is C13H11BrFN5. The van der Waals surface area contributed by atoms with Gasteiger partial charge in [0, 0.05) is 16.7 Å². The van der Waals surface area contributed by atoms with Crippen LogP contribution in [0.3, 0.4) is 0 Å². The fourth-order valence-electron chi connectivity index (χ4n) is 2.02. The first-order valence-electron chi connectivity index (χ1n) is 5.91. The second kappa shape index (κ2) is 5.09. The van der Waals surface area contributed by atoms with Crippen LogP contribution in [-0.4, -0.2) is 15.2 Å². The Hall–Kier alpha value is -2.15. The molecule has 5 nitrogen and oxygen atoms in total. The topological polar surface area (TPSA) is 79.6 Å². The number of H-pyrrole nitrogens is 1. The van der Waals surface area contributed by atoms with Crippen LogP contribution in [0.4, 0.5) is 15.9 Å². The Balaban J connectivity index is 2.05. The Morgan fingerprint density at radius 1 is 1.35 bits per heavy atom. The Labute approximate surface area is 122 Å². The zero-order valence-electron chi connectivity index (χ0n) is 10.3. The molecule has 0 radical (unpaired) electrons. The monoisotopic (exact) mass is 335 g/mol. The number of fused-ring (bicyclic) bond motifs is 1. The smallest absolute Gasteiger partial charge is 0.135 e. The third kappa shape index (κ3) is 2.44. The molecule has 0 saturated heterocycles. The zero-order valence-corrected chi connectivity index (χ0v) is 11.9. The average Bonchev–Trinajstić information content (AvgIpc) is 2.87. The number of nitrogens with one attached hydrogen (secondary N) is 2. The lowest BCUT2D eigenvalue weighted by Gasteiger charge is -2.10. The fraction of sp³-hybridized carbons (Fsp3) is 0.0769. The largest absolute Gasteiger partial charge is 0.384 e. The van der Waals surface area contributed by atoms with Gasteiger partial charge in [0.05, 0.1) is 28.8 Å². The number of nitrogens with zero attached hydrogens (tertiary/aromatic N) is 2. The molecule has 0 spiro atoms. The van der Waals surface area contributed by atoms with Crippen molar-refractivity contribution < 1.29 is 4.39 Å². The van der Waals surface area contributed by atoms with Gasteiger partial charge in [-0.25, -0.2) is 9.37 Å². The van der Waals surface area contributed by atoms with E-state index in [9.17, 15) is 4.39 Å². The van der Waals surface area contributed by atoms with Gasteiger partial charge in [-0.05, 0) is 18.2 Å². The number of halogens is 2. The van der Waals surface area contributed by atoms with Crippen LogP contribution in [0.1, 0.15) is 5.69 Å². The molecular weight excluding hydrogens is 325 g/mol. The van der Waals surface area contributed by atoms with Crippen molar-refractivity contribution >= 4 is 38.3 Å². The summed E-state index contributed by atoms with van der Waals surface area (Å²) in [5.74, 6) is -0.0223. The lowest BCUT2D eigenvalue weighted by molar-refractivity contribution is 0.639. The molecule has 0 bridgehead atoms. The predicted octanol–water partition coefficient (Wildman–Crippen LogP) is 3.05. The van der Waals surface area contributed by atoms with E-state index in [-0.39, 0.29) is 5.82 Å². The number of anilines is 2. The van der Waals surface area contributed by atoms with Gasteiger partial charge in [-0.15, -0.1) is 0 Å². The van der Waals surface area contributed by atoms with Crippen LogP contribution in [0, 0.1) is 5.82 Å². The highest BCUT2D eigenvalue weighted by Crippen LogP contribution is 2.30. The Morgan fingerprint density at radius 2 is 2.20 bits per heavy atom. The molecule has 3 rings (SSSR count). The van der Waals surface area contributed by atoms with Crippen molar-refractivity contribution in [3.05, 3.63) is 46.4 Å². The number of hydrogen-bond donors (Lipinski definition) is 3. The number of nitrogen functional groups attached to an aromatic ring is 1. The summed E-state index contributed by atoms with van der Waals surface area (Å²) in [5, 5.41) is 10.3. The summed E-state index contributed by atoms with van der Waals surface area (Å²) in [6.07, 6.45) is 1.73. The van der Waals surface area contributed by atoms with E-state index in [1.807, 2.05) is 6.07 Å². The molecule has 0 aliphatic rings. The lowest BCUT2D eigenvalue weighted by atomic mass is 10.1. The van der Waals surface area contributed by atoms with Gasteiger partial charge in [-0.3, -0.25) is 5.10 Å². The Kier molecular flexibility index (Phi) is 3.27. The molecule has 7 heteroatoms. The van der Waals surface area contributed by atoms with Crippen molar-refractivity contribution in [2.45, 2.75) is 6.54 Å². The van der Waals surface area contributed by atoms with Crippen molar-refractivity contribution in [2.24, 2.45) is 0 Å². The number of aromatic nitrogens is 3. The molecule has 2 heterocycles. The van der Waals surface area contributed by atoms with Gasteiger partial charge in [0.1, 0.15) is 11.6 Å². The first-order valence-corrected chi connectivity index (χ1v) is 6.70. The third-order valence-corrected chi connectivity index (χ3v) is 3.32. The van der Waals surface area contributed by atoms with Crippen molar-refractivity contribution in [3.8, 4) is 0 Å². The Bertz CT molecular complexity index is 752. The van der Waals surface area contributed by atoms with Gasteiger partial charge in [0.15, 0.2) is 0 Å². The summed E-state index contributed by atoms with van der Waals surface area (Å²) in [4.78, 5) is 4.15. The van der Waals surface area contributed by atoms with E-state index in [2.05, 4.69) is 36.4 Å². The van der Waals surface area contributed by atoms with E-state index in [0.717, 1.165) is 5.69 Å². The normalized spacial score (nSPS) is 10.9. The molecule has 0 amide bonds. The van der Waals surface area contributed by atoms with Gasteiger partial charge in [-0.2, -0.15) is 5.10 Å². The molecule has 20 heavy (non-hydrogen) atoms. The van der Waals surface area contributed by atoms with Gasteiger partial charge < -0.3 is 11.1 Å². The van der Waals surface area contributed by atoms with Crippen LogP contribution >= 0.6 is 15.9 Å². The van der Waals surface area contributed by atoms with Gasteiger partial charge in [0.2, 0.25) is 0 Å². The summed E-state index contributed by atoms with van der Waals surface area (Å²) in [7, 11) is 0. The highest BCUT2D eigenvalue weighted by atomic mass is 79.9. The van der Waals surface area contributed by atoms with E-state index in [0.29, 0.717) is 33.4 Å². The maximum atomic E-state index is 14.1. The summed E-state index contributed by atoms with van der Waals surface area (Å²) >= 11 is 3.25. The molecule has 0 fully saturated rings. The molecule has 0 atom stereocenters. The summed E-state index contributed by atoms with van der Waals surface area (Å²) in [5.41, 5.74) is 7.69. The van der Waals surface area contributed by atoms with E-state index < -0.39 is 0 Å². The van der Waals surface area contributed by atoms with Crippen LogP contribution < -0.4 is 11.1 Å². The van der Waals surface area contributed by atoms with E-state index in [1.54, 1.807) is 18.3 Å². The standard InChI is InChI=1S/C13H11BrFN5/c14-7-3-9(15)13-10(5-12(16)19-11(13)4-7)17-6-8-1-2-18-20-8/h1-5H,6H2,(H,18,20)(H3,16,17,19). The first kappa shape index (κ1) is 12.9.